The van der Waals surface area contributed by atoms with E-state index in [2.05, 4.69) is 10.6 Å². The van der Waals surface area contributed by atoms with E-state index in [1.807, 2.05) is 44.2 Å². The highest BCUT2D eigenvalue weighted by molar-refractivity contribution is 8.01. The van der Waals surface area contributed by atoms with Crippen molar-refractivity contribution in [3.8, 4) is 0 Å². The molecule has 0 spiro atoms. The Morgan fingerprint density at radius 1 is 1.21 bits per heavy atom. The number of ether oxygens (including phenoxy) is 1. The summed E-state index contributed by atoms with van der Waals surface area (Å²) in [7, 11) is 0. The number of halogens is 3. The lowest BCUT2D eigenvalue weighted by Crippen LogP contribution is -2.72. The number of β-lactam (4-membered cyclic amide) rings is 1. The van der Waals surface area contributed by atoms with Crippen LogP contribution < -0.4 is 10.6 Å². The molecular formula is C18H20Cl3N3O4S. The van der Waals surface area contributed by atoms with Gasteiger partial charge in [0.05, 0.1) is 11.2 Å². The van der Waals surface area contributed by atoms with Crippen molar-refractivity contribution in [2.75, 3.05) is 6.61 Å². The van der Waals surface area contributed by atoms with E-state index in [0.29, 0.717) is 0 Å². The number of rotatable bonds is 5. The van der Waals surface area contributed by atoms with Crippen molar-refractivity contribution in [1.82, 2.24) is 15.5 Å². The molecule has 0 bridgehead atoms. The number of alkyl halides is 3. The van der Waals surface area contributed by atoms with Gasteiger partial charge in [0.25, 0.3) is 5.91 Å². The molecule has 3 rings (SSSR count). The Morgan fingerprint density at radius 2 is 1.86 bits per heavy atom. The van der Waals surface area contributed by atoms with Crippen molar-refractivity contribution in [3.05, 3.63) is 35.9 Å². The standard InChI is InChI=1S/C18H20Cl3N3O4S/c1-17(2)15(23-16(27)28-9-18(19,20)21)24-13(26)12(14(24)29-17)22-11(25)8-10-6-4-3-5-7-10/h3-7,12,14-15H,8-9H2,1-2H3,(H,22,25)(H,23,27)/t12-,14-,15?/m1/s1. The highest BCUT2D eigenvalue weighted by atomic mass is 35.6. The summed E-state index contributed by atoms with van der Waals surface area (Å²) in [6.45, 7) is 3.37. The summed E-state index contributed by atoms with van der Waals surface area (Å²) >= 11 is 18.2. The number of amides is 3. The SMILES string of the molecule is CC1(C)S[C@@H]2[C@H](NC(=O)Cc3ccccc3)C(=O)N2C1NC(=O)OCC(Cl)(Cl)Cl. The van der Waals surface area contributed by atoms with E-state index in [9.17, 15) is 14.4 Å². The molecule has 2 heterocycles. The minimum atomic E-state index is -1.72. The Kier molecular flexibility index (Phi) is 6.48. The maximum Gasteiger partial charge on any atom is 0.408 e. The third kappa shape index (κ3) is 5.23. The van der Waals surface area contributed by atoms with Gasteiger partial charge in [-0.3, -0.25) is 14.9 Å². The topological polar surface area (TPSA) is 87.7 Å². The van der Waals surface area contributed by atoms with Crippen LogP contribution in [-0.2, 0) is 20.7 Å². The second kappa shape index (κ2) is 8.41. The normalized spacial score (nSPS) is 25.1. The van der Waals surface area contributed by atoms with Gasteiger partial charge in [0, 0.05) is 0 Å². The zero-order valence-electron chi connectivity index (χ0n) is 15.7. The van der Waals surface area contributed by atoms with Crippen LogP contribution in [0.15, 0.2) is 30.3 Å². The van der Waals surface area contributed by atoms with Gasteiger partial charge in [0.15, 0.2) is 0 Å². The van der Waals surface area contributed by atoms with Crippen molar-refractivity contribution in [2.24, 2.45) is 0 Å². The first-order chi connectivity index (χ1) is 13.5. The molecule has 0 radical (unpaired) electrons. The summed E-state index contributed by atoms with van der Waals surface area (Å²) in [6, 6.07) is 8.64. The van der Waals surface area contributed by atoms with Crippen LogP contribution in [-0.4, -0.2) is 55.5 Å². The zero-order chi connectivity index (χ0) is 21.4. The summed E-state index contributed by atoms with van der Waals surface area (Å²) in [5.41, 5.74) is 0.865. The van der Waals surface area contributed by atoms with Gasteiger partial charge in [-0.1, -0.05) is 65.1 Å². The average Bonchev–Trinajstić information content (AvgIpc) is 2.86. The quantitative estimate of drug-likeness (QED) is 0.500. The van der Waals surface area contributed by atoms with Crippen LogP contribution in [0.5, 0.6) is 0 Å². The number of hydrogen-bond acceptors (Lipinski definition) is 5. The first-order valence-electron chi connectivity index (χ1n) is 8.81. The van der Waals surface area contributed by atoms with E-state index in [1.165, 1.54) is 16.7 Å². The molecule has 0 aliphatic carbocycles. The molecule has 3 amide bonds. The molecule has 2 saturated heterocycles. The van der Waals surface area contributed by atoms with Crippen molar-refractivity contribution in [3.63, 3.8) is 0 Å². The maximum atomic E-state index is 12.7. The fourth-order valence-electron chi connectivity index (χ4n) is 3.28. The molecule has 1 aromatic rings. The monoisotopic (exact) mass is 479 g/mol. The van der Waals surface area contributed by atoms with Gasteiger partial charge < -0.3 is 15.0 Å². The zero-order valence-corrected chi connectivity index (χ0v) is 18.7. The Balaban J connectivity index is 1.59. The number of alkyl carbamates (subject to hydrolysis) is 1. The predicted octanol–water partition coefficient (Wildman–Crippen LogP) is 2.83. The van der Waals surface area contributed by atoms with Crippen LogP contribution >= 0.6 is 46.6 Å². The Bertz CT molecular complexity index is 803. The molecule has 29 heavy (non-hydrogen) atoms. The number of nitrogens with zero attached hydrogens (tertiary/aromatic N) is 1. The van der Waals surface area contributed by atoms with Crippen LogP contribution in [0.3, 0.4) is 0 Å². The third-order valence-electron chi connectivity index (χ3n) is 4.59. The molecule has 1 unspecified atom stereocenters. The Morgan fingerprint density at radius 3 is 2.48 bits per heavy atom. The molecule has 2 fully saturated rings. The van der Waals surface area contributed by atoms with Crippen LogP contribution in [0, 0.1) is 0 Å². The number of carbonyl (C=O) groups is 3. The van der Waals surface area contributed by atoms with Gasteiger partial charge in [-0.2, -0.15) is 0 Å². The highest BCUT2D eigenvalue weighted by Crippen LogP contribution is 2.49. The predicted molar refractivity (Wildman–Crippen MR) is 113 cm³/mol. The molecule has 2 N–H and O–H groups in total. The van der Waals surface area contributed by atoms with Gasteiger partial charge in [-0.15, -0.1) is 11.8 Å². The van der Waals surface area contributed by atoms with Crippen LogP contribution in [0.25, 0.3) is 0 Å². The van der Waals surface area contributed by atoms with Crippen molar-refractivity contribution in [2.45, 2.75) is 46.4 Å². The molecule has 3 atom stereocenters. The smallest absolute Gasteiger partial charge is 0.408 e. The molecule has 2 aliphatic heterocycles. The molecule has 0 saturated carbocycles. The lowest BCUT2D eigenvalue weighted by Gasteiger charge is -2.44. The molecule has 11 heteroatoms. The summed E-state index contributed by atoms with van der Waals surface area (Å²) in [6.07, 6.45) is -1.22. The Hall–Kier alpha value is -1.35. The number of benzene rings is 1. The van der Waals surface area contributed by atoms with Gasteiger partial charge >= 0.3 is 6.09 Å². The van der Waals surface area contributed by atoms with E-state index in [4.69, 9.17) is 39.5 Å². The summed E-state index contributed by atoms with van der Waals surface area (Å²) in [5.74, 6) is -0.493. The number of nitrogens with one attached hydrogen (secondary N) is 2. The lowest BCUT2D eigenvalue weighted by molar-refractivity contribution is -0.151. The van der Waals surface area contributed by atoms with E-state index < -0.39 is 33.4 Å². The van der Waals surface area contributed by atoms with Crippen LogP contribution in [0.1, 0.15) is 19.4 Å². The largest absolute Gasteiger partial charge is 0.445 e. The van der Waals surface area contributed by atoms with Gasteiger partial charge in [0.1, 0.15) is 24.2 Å². The highest BCUT2D eigenvalue weighted by Gasteiger charge is 2.62. The minimum absolute atomic E-state index is 0.191. The average molecular weight is 481 g/mol. The molecule has 0 aromatic heterocycles. The van der Waals surface area contributed by atoms with E-state index in [-0.39, 0.29) is 23.6 Å². The first-order valence-corrected chi connectivity index (χ1v) is 10.8. The Labute approximate surface area is 187 Å². The third-order valence-corrected chi connectivity index (χ3v) is 6.49. The van der Waals surface area contributed by atoms with E-state index >= 15 is 0 Å². The maximum absolute atomic E-state index is 12.7. The van der Waals surface area contributed by atoms with Gasteiger partial charge in [-0.05, 0) is 19.4 Å². The molecular weight excluding hydrogens is 461 g/mol. The summed E-state index contributed by atoms with van der Waals surface area (Å²) < 4.78 is 2.68. The van der Waals surface area contributed by atoms with Crippen LogP contribution in [0.2, 0.25) is 0 Å². The van der Waals surface area contributed by atoms with Crippen molar-refractivity contribution in [1.29, 1.82) is 0 Å². The first kappa shape index (κ1) is 22.3. The van der Waals surface area contributed by atoms with Gasteiger partial charge in [0.2, 0.25) is 9.70 Å². The molecule has 1 aromatic carbocycles. The summed E-state index contributed by atoms with van der Waals surface area (Å²) in [5, 5.41) is 5.17. The minimum Gasteiger partial charge on any atom is -0.445 e. The lowest BCUT2D eigenvalue weighted by atomic mass is 10.0. The summed E-state index contributed by atoms with van der Waals surface area (Å²) in [4.78, 5) is 38.6. The second-order valence-electron chi connectivity index (χ2n) is 7.30. The van der Waals surface area contributed by atoms with E-state index in [1.54, 1.807) is 0 Å². The fourth-order valence-corrected chi connectivity index (χ4v) is 5.03. The van der Waals surface area contributed by atoms with E-state index in [0.717, 1.165) is 5.56 Å². The van der Waals surface area contributed by atoms with Crippen molar-refractivity contribution < 1.29 is 19.1 Å². The fraction of sp³-hybridized carbons (Fsp3) is 0.500. The van der Waals surface area contributed by atoms with Gasteiger partial charge in [-0.25, -0.2) is 4.79 Å². The molecule has 158 valence electrons. The number of fused-ring (bicyclic) bond motifs is 1. The number of carbonyl (C=O) groups excluding carboxylic acids is 3. The van der Waals surface area contributed by atoms with Crippen molar-refractivity contribution >= 4 is 64.5 Å². The number of hydrogen-bond donors (Lipinski definition) is 2. The molecule has 7 nitrogen and oxygen atoms in total. The molecule has 2 aliphatic rings. The second-order valence-corrected chi connectivity index (χ2v) is 11.6. The number of thioether (sulfide) groups is 1. The van der Waals surface area contributed by atoms with Crippen LogP contribution in [0.4, 0.5) is 4.79 Å².